The number of phenolic OH excluding ortho intramolecular Hbond substituents is 1. The molecule has 0 radical (unpaired) electrons. The third kappa shape index (κ3) is 2.09. The number of fused-ring (bicyclic) bond motifs is 3. The largest absolute Gasteiger partial charge is 0.508 e. The fraction of sp³-hybridized carbons (Fsp3) is 0.188. The van der Waals surface area contributed by atoms with Gasteiger partial charge in [0.15, 0.2) is 0 Å². The first-order chi connectivity index (χ1) is 9.69. The maximum absolute atomic E-state index is 11.6. The van der Waals surface area contributed by atoms with Crippen LogP contribution in [0.25, 0.3) is 11.1 Å². The lowest BCUT2D eigenvalue weighted by Gasteiger charge is -2.10. The predicted molar refractivity (Wildman–Crippen MR) is 74.1 cm³/mol. The molecule has 1 N–H and O–H groups in total. The van der Waals surface area contributed by atoms with Crippen molar-refractivity contribution in [1.82, 2.24) is 0 Å². The second-order valence-corrected chi connectivity index (χ2v) is 4.64. The Morgan fingerprint density at radius 1 is 1.20 bits per heavy atom. The van der Waals surface area contributed by atoms with Crippen LogP contribution in [-0.2, 0) is 11.2 Å². The summed E-state index contributed by atoms with van der Waals surface area (Å²) in [4.78, 5) is 11.6. The molecule has 3 rings (SSSR count). The third-order valence-electron chi connectivity index (χ3n) is 3.41. The van der Waals surface area contributed by atoms with E-state index >= 15 is 0 Å². The van der Waals surface area contributed by atoms with Gasteiger partial charge in [0.1, 0.15) is 11.5 Å². The Bertz CT molecular complexity index is 676. The highest BCUT2D eigenvalue weighted by Crippen LogP contribution is 2.37. The van der Waals surface area contributed by atoms with Gasteiger partial charge in [-0.3, -0.25) is 0 Å². The molecule has 20 heavy (non-hydrogen) atoms. The highest BCUT2D eigenvalue weighted by molar-refractivity contribution is 5.92. The average Bonchev–Trinajstić information content (AvgIpc) is 2.64. The van der Waals surface area contributed by atoms with Crippen LogP contribution >= 0.6 is 0 Å². The molecule has 1 aliphatic heterocycles. The van der Waals surface area contributed by atoms with E-state index in [-0.39, 0.29) is 11.7 Å². The van der Waals surface area contributed by atoms with Crippen molar-refractivity contribution in [2.75, 3.05) is 13.7 Å². The highest BCUT2D eigenvalue weighted by atomic mass is 16.5. The van der Waals surface area contributed by atoms with Crippen LogP contribution in [0.5, 0.6) is 11.5 Å². The molecule has 0 atom stereocenters. The lowest BCUT2D eigenvalue weighted by Crippen LogP contribution is -2.02. The minimum atomic E-state index is -0.377. The molecular formula is C16H14O4. The van der Waals surface area contributed by atoms with Gasteiger partial charge in [-0.1, -0.05) is 6.07 Å². The molecule has 0 unspecified atom stereocenters. The fourth-order valence-corrected chi connectivity index (χ4v) is 2.43. The summed E-state index contributed by atoms with van der Waals surface area (Å²) in [5, 5.41) is 9.59. The van der Waals surface area contributed by atoms with Crippen LogP contribution in [0.15, 0.2) is 36.4 Å². The lowest BCUT2D eigenvalue weighted by molar-refractivity contribution is 0.0601. The summed E-state index contributed by atoms with van der Waals surface area (Å²) in [7, 11) is 1.36. The molecule has 0 bridgehead atoms. The van der Waals surface area contributed by atoms with Crippen molar-refractivity contribution in [1.29, 1.82) is 0 Å². The zero-order valence-corrected chi connectivity index (χ0v) is 11.1. The molecule has 0 spiro atoms. The molecule has 0 aliphatic carbocycles. The first-order valence-corrected chi connectivity index (χ1v) is 6.36. The summed E-state index contributed by atoms with van der Waals surface area (Å²) in [5.74, 6) is 0.593. The molecule has 2 aromatic carbocycles. The number of benzene rings is 2. The van der Waals surface area contributed by atoms with Gasteiger partial charge < -0.3 is 14.6 Å². The molecule has 0 amide bonds. The molecule has 102 valence electrons. The Kier molecular flexibility index (Phi) is 3.06. The van der Waals surface area contributed by atoms with E-state index in [1.54, 1.807) is 30.3 Å². The SMILES string of the molecule is COC(=O)c1ccc2c(c1)-c1ccc(O)cc1CCO2. The van der Waals surface area contributed by atoms with Crippen LogP contribution in [-0.4, -0.2) is 24.8 Å². The summed E-state index contributed by atoms with van der Waals surface area (Å²) < 4.78 is 10.5. The van der Waals surface area contributed by atoms with E-state index in [9.17, 15) is 9.90 Å². The maximum atomic E-state index is 11.6. The molecule has 2 aromatic rings. The van der Waals surface area contributed by atoms with Gasteiger partial charge in [-0.05, 0) is 41.5 Å². The van der Waals surface area contributed by atoms with E-state index < -0.39 is 0 Å². The number of methoxy groups -OCH3 is 1. The van der Waals surface area contributed by atoms with Gasteiger partial charge in [0.05, 0.1) is 19.3 Å². The first kappa shape index (κ1) is 12.5. The standard InChI is InChI=1S/C16H14O4/c1-19-16(18)11-2-5-15-14(9-11)13-4-3-12(17)8-10(13)6-7-20-15/h2-5,8-9,17H,6-7H2,1H3. The lowest BCUT2D eigenvalue weighted by atomic mass is 9.96. The number of esters is 1. The zero-order valence-electron chi connectivity index (χ0n) is 11.1. The zero-order chi connectivity index (χ0) is 14.1. The van der Waals surface area contributed by atoms with Crippen molar-refractivity contribution < 1.29 is 19.4 Å². The Hall–Kier alpha value is -2.49. The summed E-state index contributed by atoms with van der Waals surface area (Å²) in [6.07, 6.45) is 0.714. The van der Waals surface area contributed by atoms with E-state index in [1.165, 1.54) is 7.11 Å². The molecule has 0 saturated carbocycles. The topological polar surface area (TPSA) is 55.8 Å². The second-order valence-electron chi connectivity index (χ2n) is 4.64. The number of carbonyl (C=O) groups excluding carboxylic acids is 1. The van der Waals surface area contributed by atoms with Crippen LogP contribution in [0.1, 0.15) is 15.9 Å². The van der Waals surface area contributed by atoms with Crippen LogP contribution in [0.2, 0.25) is 0 Å². The summed E-state index contributed by atoms with van der Waals surface area (Å²) in [6, 6.07) is 10.5. The average molecular weight is 270 g/mol. The van der Waals surface area contributed by atoms with Crippen LogP contribution in [0.4, 0.5) is 0 Å². The number of rotatable bonds is 1. The van der Waals surface area contributed by atoms with Crippen LogP contribution < -0.4 is 4.74 Å². The molecule has 1 aliphatic rings. The van der Waals surface area contributed by atoms with Crippen molar-refractivity contribution in [3.63, 3.8) is 0 Å². The monoisotopic (exact) mass is 270 g/mol. The first-order valence-electron chi connectivity index (χ1n) is 6.36. The van der Waals surface area contributed by atoms with Crippen molar-refractivity contribution in [2.24, 2.45) is 0 Å². The quantitative estimate of drug-likeness (QED) is 0.809. The Morgan fingerprint density at radius 3 is 2.85 bits per heavy atom. The Labute approximate surface area is 116 Å². The molecule has 0 fully saturated rings. The molecule has 4 heteroatoms. The van der Waals surface area contributed by atoms with Crippen LogP contribution in [0.3, 0.4) is 0 Å². The van der Waals surface area contributed by atoms with Gasteiger partial charge in [0.25, 0.3) is 0 Å². The van der Waals surface area contributed by atoms with Crippen molar-refractivity contribution in [2.45, 2.75) is 6.42 Å². The van der Waals surface area contributed by atoms with E-state index in [2.05, 4.69) is 0 Å². The van der Waals surface area contributed by atoms with Gasteiger partial charge in [-0.2, -0.15) is 0 Å². The van der Waals surface area contributed by atoms with Crippen LogP contribution in [0, 0.1) is 0 Å². The third-order valence-corrected chi connectivity index (χ3v) is 3.41. The molecule has 1 heterocycles. The van der Waals surface area contributed by atoms with Crippen molar-refractivity contribution >= 4 is 5.97 Å². The van der Waals surface area contributed by atoms with Gasteiger partial charge in [0.2, 0.25) is 0 Å². The number of hydrogen-bond donors (Lipinski definition) is 1. The fourth-order valence-electron chi connectivity index (χ4n) is 2.43. The summed E-state index contributed by atoms with van der Waals surface area (Å²) >= 11 is 0. The second kappa shape index (κ2) is 4.89. The molecule has 0 aromatic heterocycles. The summed E-state index contributed by atoms with van der Waals surface area (Å²) in [6.45, 7) is 0.543. The van der Waals surface area contributed by atoms with E-state index in [4.69, 9.17) is 9.47 Å². The predicted octanol–water partition coefficient (Wildman–Crippen LogP) is 2.78. The highest BCUT2D eigenvalue weighted by Gasteiger charge is 2.18. The van der Waals surface area contributed by atoms with Gasteiger partial charge in [0, 0.05) is 12.0 Å². The van der Waals surface area contributed by atoms with Gasteiger partial charge >= 0.3 is 5.97 Å². The van der Waals surface area contributed by atoms with Gasteiger partial charge in [-0.25, -0.2) is 4.79 Å². The smallest absolute Gasteiger partial charge is 0.337 e. The molecule has 0 saturated heterocycles. The van der Waals surface area contributed by atoms with Gasteiger partial charge in [-0.15, -0.1) is 0 Å². The molecule has 4 nitrogen and oxygen atoms in total. The number of ether oxygens (including phenoxy) is 2. The summed E-state index contributed by atoms with van der Waals surface area (Å²) in [5.41, 5.74) is 3.31. The van der Waals surface area contributed by atoms with E-state index in [1.807, 2.05) is 6.07 Å². The minimum Gasteiger partial charge on any atom is -0.508 e. The maximum Gasteiger partial charge on any atom is 0.337 e. The van der Waals surface area contributed by atoms with E-state index in [0.717, 1.165) is 22.4 Å². The van der Waals surface area contributed by atoms with Crippen molar-refractivity contribution in [3.8, 4) is 22.6 Å². The molecular weight excluding hydrogens is 256 g/mol. The number of phenols is 1. The Morgan fingerprint density at radius 2 is 2.05 bits per heavy atom. The van der Waals surface area contributed by atoms with Crippen molar-refractivity contribution in [3.05, 3.63) is 47.5 Å². The number of hydrogen-bond acceptors (Lipinski definition) is 4. The number of carbonyl (C=O) groups is 1. The minimum absolute atomic E-state index is 0.233. The van der Waals surface area contributed by atoms with E-state index in [0.29, 0.717) is 18.6 Å². The Balaban J connectivity index is 2.18. The normalized spacial score (nSPS) is 12.7. The number of aromatic hydroxyl groups is 1.